The number of hydrogen-bond acceptors (Lipinski definition) is 5. The fourth-order valence-corrected chi connectivity index (χ4v) is 1.74. The van der Waals surface area contributed by atoms with Gasteiger partial charge in [0, 0.05) is 25.4 Å². The minimum Gasteiger partial charge on any atom is -0.384 e. The van der Waals surface area contributed by atoms with Gasteiger partial charge in [0.25, 0.3) is 0 Å². The summed E-state index contributed by atoms with van der Waals surface area (Å²) in [4.78, 5) is 3.87. The molecule has 0 aliphatic carbocycles. The van der Waals surface area contributed by atoms with E-state index in [2.05, 4.69) is 16.4 Å². The van der Waals surface area contributed by atoms with Gasteiger partial charge in [0.2, 0.25) is 0 Å². The van der Waals surface area contributed by atoms with E-state index in [1.54, 1.807) is 6.07 Å². The van der Waals surface area contributed by atoms with Crippen molar-refractivity contribution in [3.8, 4) is 6.07 Å². The number of ether oxygens (including phenoxy) is 1. The van der Waals surface area contributed by atoms with Crippen LogP contribution in [0.3, 0.4) is 0 Å². The second kappa shape index (κ2) is 4.81. The molecule has 0 saturated carbocycles. The fourth-order valence-electron chi connectivity index (χ4n) is 1.74. The van der Waals surface area contributed by atoms with Gasteiger partial charge in [-0.15, -0.1) is 0 Å². The largest absolute Gasteiger partial charge is 0.384 e. The van der Waals surface area contributed by atoms with Crippen LogP contribution in [0.4, 0.5) is 11.5 Å². The lowest BCUT2D eigenvalue weighted by molar-refractivity contribution is 0.120. The molecule has 0 spiro atoms. The third kappa shape index (κ3) is 2.41. The first-order valence-electron chi connectivity index (χ1n) is 5.30. The van der Waals surface area contributed by atoms with E-state index in [-0.39, 0.29) is 6.10 Å². The molecule has 0 radical (unpaired) electrons. The average molecular weight is 218 g/mol. The third-order valence-electron chi connectivity index (χ3n) is 2.59. The van der Waals surface area contributed by atoms with Crippen molar-refractivity contribution < 1.29 is 4.74 Å². The lowest BCUT2D eigenvalue weighted by Gasteiger charge is -2.12. The van der Waals surface area contributed by atoms with E-state index < -0.39 is 0 Å². The summed E-state index contributed by atoms with van der Waals surface area (Å²) < 4.78 is 5.49. The number of nitrogen functional groups attached to an aromatic ring is 1. The van der Waals surface area contributed by atoms with Crippen LogP contribution in [0.1, 0.15) is 18.4 Å². The molecule has 16 heavy (non-hydrogen) atoms. The van der Waals surface area contributed by atoms with E-state index in [9.17, 15) is 0 Å². The summed E-state index contributed by atoms with van der Waals surface area (Å²) in [7, 11) is 0. The van der Waals surface area contributed by atoms with Gasteiger partial charge in [-0.2, -0.15) is 5.26 Å². The molecule has 3 N–H and O–H groups in total. The van der Waals surface area contributed by atoms with E-state index in [0.29, 0.717) is 17.9 Å². The molecule has 1 fully saturated rings. The zero-order chi connectivity index (χ0) is 11.4. The van der Waals surface area contributed by atoms with Gasteiger partial charge in [0.1, 0.15) is 11.9 Å². The molecule has 1 aliphatic heterocycles. The second-order valence-corrected chi connectivity index (χ2v) is 3.78. The first-order chi connectivity index (χ1) is 7.79. The van der Waals surface area contributed by atoms with Crippen LogP contribution >= 0.6 is 0 Å². The molecule has 0 aromatic carbocycles. The summed E-state index contributed by atoms with van der Waals surface area (Å²) in [5.41, 5.74) is 6.81. The van der Waals surface area contributed by atoms with Crippen LogP contribution in [0.25, 0.3) is 0 Å². The number of aromatic nitrogens is 1. The van der Waals surface area contributed by atoms with Crippen LogP contribution in [-0.2, 0) is 4.74 Å². The third-order valence-corrected chi connectivity index (χ3v) is 2.59. The van der Waals surface area contributed by atoms with Gasteiger partial charge in [-0.05, 0) is 12.8 Å². The SMILES string of the molecule is N#Cc1cnc(N)cc1NCC1CCCO1. The summed E-state index contributed by atoms with van der Waals surface area (Å²) in [6.07, 6.45) is 3.89. The molecule has 2 heterocycles. The van der Waals surface area contributed by atoms with Gasteiger partial charge >= 0.3 is 0 Å². The molecule has 1 aliphatic rings. The number of rotatable bonds is 3. The number of anilines is 2. The molecule has 1 aromatic heterocycles. The van der Waals surface area contributed by atoms with Crippen molar-refractivity contribution in [1.82, 2.24) is 4.98 Å². The molecule has 5 heteroatoms. The van der Waals surface area contributed by atoms with Crippen molar-refractivity contribution >= 4 is 11.5 Å². The highest BCUT2D eigenvalue weighted by Crippen LogP contribution is 2.18. The van der Waals surface area contributed by atoms with E-state index >= 15 is 0 Å². The van der Waals surface area contributed by atoms with E-state index in [4.69, 9.17) is 15.7 Å². The van der Waals surface area contributed by atoms with Crippen LogP contribution in [-0.4, -0.2) is 24.2 Å². The number of nitrogens with one attached hydrogen (secondary N) is 1. The Labute approximate surface area is 94.2 Å². The predicted octanol–water partition coefficient (Wildman–Crippen LogP) is 1.13. The molecule has 2 rings (SSSR count). The first-order valence-corrected chi connectivity index (χ1v) is 5.30. The van der Waals surface area contributed by atoms with Gasteiger partial charge < -0.3 is 15.8 Å². The monoisotopic (exact) mass is 218 g/mol. The van der Waals surface area contributed by atoms with Gasteiger partial charge in [0.05, 0.1) is 17.4 Å². The van der Waals surface area contributed by atoms with Gasteiger partial charge in [-0.3, -0.25) is 0 Å². The predicted molar refractivity (Wildman–Crippen MR) is 60.8 cm³/mol. The van der Waals surface area contributed by atoms with Crippen LogP contribution in [0.5, 0.6) is 0 Å². The van der Waals surface area contributed by atoms with E-state index in [1.165, 1.54) is 6.20 Å². The molecule has 5 nitrogen and oxygen atoms in total. The van der Waals surface area contributed by atoms with Crippen LogP contribution in [0.15, 0.2) is 12.3 Å². The molecule has 0 bridgehead atoms. The van der Waals surface area contributed by atoms with E-state index in [0.717, 1.165) is 25.1 Å². The van der Waals surface area contributed by atoms with Crippen molar-refractivity contribution in [1.29, 1.82) is 5.26 Å². The molecule has 1 aromatic rings. The quantitative estimate of drug-likeness (QED) is 0.794. The maximum atomic E-state index is 8.90. The molecule has 1 saturated heterocycles. The van der Waals surface area contributed by atoms with Crippen molar-refractivity contribution in [2.24, 2.45) is 0 Å². The van der Waals surface area contributed by atoms with Crippen LogP contribution in [0, 0.1) is 11.3 Å². The molecule has 1 atom stereocenters. The maximum absolute atomic E-state index is 8.90. The first kappa shape index (κ1) is 10.7. The topological polar surface area (TPSA) is 84.0 Å². The highest BCUT2D eigenvalue weighted by atomic mass is 16.5. The fraction of sp³-hybridized carbons (Fsp3) is 0.455. The highest BCUT2D eigenvalue weighted by molar-refractivity contribution is 5.60. The molecule has 1 unspecified atom stereocenters. The minimum absolute atomic E-state index is 0.237. The standard InChI is InChI=1S/C11H14N4O/c12-5-8-6-15-11(13)4-10(8)14-7-9-2-1-3-16-9/h4,6,9H,1-3,7H2,(H3,13,14,15). The van der Waals surface area contributed by atoms with Crippen LogP contribution < -0.4 is 11.1 Å². The summed E-state index contributed by atoms with van der Waals surface area (Å²) in [6, 6.07) is 3.75. The molecule has 84 valence electrons. The Hall–Kier alpha value is -1.80. The molecule has 0 amide bonds. The Morgan fingerprint density at radius 3 is 3.25 bits per heavy atom. The number of pyridine rings is 1. The second-order valence-electron chi connectivity index (χ2n) is 3.78. The van der Waals surface area contributed by atoms with Crippen LogP contribution in [0.2, 0.25) is 0 Å². The van der Waals surface area contributed by atoms with E-state index in [1.807, 2.05) is 0 Å². The summed E-state index contributed by atoms with van der Waals surface area (Å²) in [6.45, 7) is 1.54. The van der Waals surface area contributed by atoms with Crippen molar-refractivity contribution in [3.63, 3.8) is 0 Å². The van der Waals surface area contributed by atoms with Crippen molar-refractivity contribution in [2.45, 2.75) is 18.9 Å². The number of hydrogen-bond donors (Lipinski definition) is 2. The minimum atomic E-state index is 0.237. The number of nitriles is 1. The lowest BCUT2D eigenvalue weighted by atomic mass is 10.2. The lowest BCUT2D eigenvalue weighted by Crippen LogP contribution is -2.19. The Morgan fingerprint density at radius 1 is 1.69 bits per heavy atom. The molecular formula is C11H14N4O. The van der Waals surface area contributed by atoms with Crippen molar-refractivity contribution in [2.75, 3.05) is 24.2 Å². The Bertz CT molecular complexity index is 407. The smallest absolute Gasteiger partial charge is 0.125 e. The summed E-state index contributed by atoms with van der Waals surface area (Å²) in [5.74, 6) is 0.411. The number of nitrogens with zero attached hydrogens (tertiary/aromatic N) is 2. The Kier molecular flexibility index (Phi) is 3.22. The maximum Gasteiger partial charge on any atom is 0.125 e. The zero-order valence-electron chi connectivity index (χ0n) is 8.94. The van der Waals surface area contributed by atoms with Gasteiger partial charge in [-0.1, -0.05) is 0 Å². The van der Waals surface area contributed by atoms with Gasteiger partial charge in [0.15, 0.2) is 0 Å². The summed E-state index contributed by atoms with van der Waals surface area (Å²) >= 11 is 0. The molecular weight excluding hydrogens is 204 g/mol. The van der Waals surface area contributed by atoms with Crippen molar-refractivity contribution in [3.05, 3.63) is 17.8 Å². The normalized spacial score (nSPS) is 19.3. The zero-order valence-corrected chi connectivity index (χ0v) is 8.94. The Balaban J connectivity index is 2.02. The average Bonchev–Trinajstić information content (AvgIpc) is 2.79. The number of nitrogens with two attached hydrogens (primary N) is 1. The highest BCUT2D eigenvalue weighted by Gasteiger charge is 2.15. The Morgan fingerprint density at radius 2 is 2.56 bits per heavy atom. The van der Waals surface area contributed by atoms with Gasteiger partial charge in [-0.25, -0.2) is 4.98 Å². The summed E-state index contributed by atoms with van der Waals surface area (Å²) in [5, 5.41) is 12.1.